The number of halogens is 2. The van der Waals surface area contributed by atoms with Gasteiger partial charge < -0.3 is 10.2 Å². The van der Waals surface area contributed by atoms with E-state index >= 15 is 0 Å². The zero-order valence-electron chi connectivity index (χ0n) is 19.1. The van der Waals surface area contributed by atoms with Crippen molar-refractivity contribution in [3.63, 3.8) is 0 Å². The van der Waals surface area contributed by atoms with Crippen LogP contribution >= 0.6 is 35.0 Å². The lowest BCUT2D eigenvalue weighted by Gasteiger charge is -2.31. The van der Waals surface area contributed by atoms with Crippen LogP contribution in [0.25, 0.3) is 0 Å². The highest BCUT2D eigenvalue weighted by atomic mass is 35.5. The van der Waals surface area contributed by atoms with Crippen molar-refractivity contribution in [2.24, 2.45) is 0 Å². The summed E-state index contributed by atoms with van der Waals surface area (Å²) in [7, 11) is 0. The number of rotatable bonds is 11. The fraction of sp³-hybridized carbons (Fsp3) is 0.462. The summed E-state index contributed by atoms with van der Waals surface area (Å²) in [6.45, 7) is 2.50. The second kappa shape index (κ2) is 13.3. The van der Waals surface area contributed by atoms with Crippen LogP contribution in [0.2, 0.25) is 10.0 Å². The number of benzene rings is 2. The molecule has 1 saturated carbocycles. The maximum atomic E-state index is 13.3. The van der Waals surface area contributed by atoms with Gasteiger partial charge in [0.2, 0.25) is 11.8 Å². The maximum absolute atomic E-state index is 13.3. The normalized spacial score (nSPS) is 14.8. The van der Waals surface area contributed by atoms with Crippen LogP contribution in [0.5, 0.6) is 0 Å². The third-order valence-electron chi connectivity index (χ3n) is 6.05. The summed E-state index contributed by atoms with van der Waals surface area (Å²) in [6, 6.07) is 15.4. The molecule has 2 amide bonds. The van der Waals surface area contributed by atoms with Gasteiger partial charge in [-0.3, -0.25) is 9.59 Å². The summed E-state index contributed by atoms with van der Waals surface area (Å²) in [5.74, 6) is 0.923. The third kappa shape index (κ3) is 7.94. The summed E-state index contributed by atoms with van der Waals surface area (Å²) in [4.78, 5) is 28.2. The summed E-state index contributed by atoms with van der Waals surface area (Å²) in [5.41, 5.74) is 2.17. The van der Waals surface area contributed by atoms with Gasteiger partial charge in [-0.1, -0.05) is 79.4 Å². The van der Waals surface area contributed by atoms with Crippen molar-refractivity contribution < 1.29 is 9.59 Å². The van der Waals surface area contributed by atoms with Crippen LogP contribution in [0.4, 0.5) is 0 Å². The van der Waals surface area contributed by atoms with E-state index in [4.69, 9.17) is 23.2 Å². The zero-order valence-corrected chi connectivity index (χ0v) is 21.4. The number of nitrogens with one attached hydrogen (secondary N) is 1. The molecular formula is C26H32Cl2N2O2S. The first kappa shape index (κ1) is 25.9. The van der Waals surface area contributed by atoms with Gasteiger partial charge in [0.1, 0.15) is 6.04 Å². The smallest absolute Gasteiger partial charge is 0.243 e. The Labute approximate surface area is 211 Å². The largest absolute Gasteiger partial charge is 0.352 e. The van der Waals surface area contributed by atoms with Crippen molar-refractivity contribution in [1.29, 1.82) is 0 Å². The molecule has 1 N–H and O–H groups in total. The van der Waals surface area contributed by atoms with Gasteiger partial charge >= 0.3 is 0 Å². The highest BCUT2D eigenvalue weighted by Gasteiger charge is 2.30. The second-order valence-electron chi connectivity index (χ2n) is 8.48. The Bertz CT molecular complexity index is 920. The number of hydrogen-bond donors (Lipinski definition) is 1. The van der Waals surface area contributed by atoms with Gasteiger partial charge in [-0.05, 0) is 48.9 Å². The van der Waals surface area contributed by atoms with Crippen molar-refractivity contribution in [2.75, 3.05) is 12.3 Å². The monoisotopic (exact) mass is 506 g/mol. The van der Waals surface area contributed by atoms with E-state index in [9.17, 15) is 9.59 Å². The van der Waals surface area contributed by atoms with Crippen LogP contribution in [0.3, 0.4) is 0 Å². The van der Waals surface area contributed by atoms with Crippen LogP contribution in [0.15, 0.2) is 48.5 Å². The molecule has 1 aliphatic carbocycles. The molecule has 1 unspecified atom stereocenters. The van der Waals surface area contributed by atoms with Crippen molar-refractivity contribution in [1.82, 2.24) is 10.2 Å². The standard InChI is InChI=1S/C26H32Cl2N2O2S/c1-2-24(26(32)29-21-10-6-7-11-21)30(15-14-19-8-4-3-5-9-19)25(31)18-33-17-20-12-13-22(27)23(28)16-20/h3-5,8-9,12-13,16,21,24H,2,6-7,10-11,14-15,17-18H2,1H3,(H,29,32). The van der Waals surface area contributed by atoms with Gasteiger partial charge in [-0.15, -0.1) is 11.8 Å². The Morgan fingerprint density at radius 2 is 1.79 bits per heavy atom. The minimum absolute atomic E-state index is 0.00980. The highest BCUT2D eigenvalue weighted by Crippen LogP contribution is 2.25. The molecule has 2 aromatic carbocycles. The van der Waals surface area contributed by atoms with E-state index in [1.165, 1.54) is 11.8 Å². The quantitative estimate of drug-likeness (QED) is 0.398. The minimum atomic E-state index is -0.451. The van der Waals surface area contributed by atoms with Crippen LogP contribution in [0, 0.1) is 0 Å². The first-order chi connectivity index (χ1) is 16.0. The Kier molecular flexibility index (Phi) is 10.4. The van der Waals surface area contributed by atoms with Gasteiger partial charge in [0, 0.05) is 18.3 Å². The molecule has 0 bridgehead atoms. The maximum Gasteiger partial charge on any atom is 0.243 e. The van der Waals surface area contributed by atoms with Crippen LogP contribution in [-0.2, 0) is 21.8 Å². The minimum Gasteiger partial charge on any atom is -0.352 e. The highest BCUT2D eigenvalue weighted by molar-refractivity contribution is 7.99. The zero-order chi connectivity index (χ0) is 23.6. The second-order valence-corrected chi connectivity index (χ2v) is 10.3. The molecule has 1 aliphatic rings. The number of carbonyl (C=O) groups excluding carboxylic acids is 2. The van der Waals surface area contributed by atoms with Gasteiger partial charge in [0.25, 0.3) is 0 Å². The van der Waals surface area contributed by atoms with Gasteiger partial charge in [-0.25, -0.2) is 0 Å². The fourth-order valence-electron chi connectivity index (χ4n) is 4.23. The van der Waals surface area contributed by atoms with E-state index in [0.717, 1.165) is 43.2 Å². The van der Waals surface area contributed by atoms with E-state index in [0.29, 0.717) is 34.5 Å². The lowest BCUT2D eigenvalue weighted by molar-refractivity contribution is -0.139. The lowest BCUT2D eigenvalue weighted by atomic mass is 10.1. The number of hydrogen-bond acceptors (Lipinski definition) is 3. The van der Waals surface area contributed by atoms with E-state index in [1.54, 1.807) is 11.0 Å². The van der Waals surface area contributed by atoms with Crippen LogP contribution in [0.1, 0.15) is 50.2 Å². The molecule has 4 nitrogen and oxygen atoms in total. The SMILES string of the molecule is CCC(C(=O)NC1CCCC1)N(CCc1ccccc1)C(=O)CSCc1ccc(Cl)c(Cl)c1. The first-order valence-electron chi connectivity index (χ1n) is 11.6. The molecule has 0 saturated heterocycles. The Morgan fingerprint density at radius 3 is 2.45 bits per heavy atom. The van der Waals surface area contributed by atoms with E-state index in [2.05, 4.69) is 17.4 Å². The predicted molar refractivity (Wildman–Crippen MR) is 139 cm³/mol. The molecule has 1 fully saturated rings. The number of nitrogens with zero attached hydrogens (tertiary/aromatic N) is 1. The predicted octanol–water partition coefficient (Wildman–Crippen LogP) is 6.14. The molecule has 178 valence electrons. The first-order valence-corrected chi connectivity index (χ1v) is 13.5. The molecule has 7 heteroatoms. The number of amides is 2. The Balaban J connectivity index is 1.64. The van der Waals surface area contributed by atoms with Crippen LogP contribution in [-0.4, -0.2) is 41.1 Å². The average Bonchev–Trinajstić information content (AvgIpc) is 3.32. The average molecular weight is 508 g/mol. The van der Waals surface area contributed by atoms with Gasteiger partial charge in [-0.2, -0.15) is 0 Å². The molecule has 0 radical (unpaired) electrons. The number of thioether (sulfide) groups is 1. The van der Waals surface area contributed by atoms with Gasteiger partial charge in [0.15, 0.2) is 0 Å². The van der Waals surface area contributed by atoms with E-state index < -0.39 is 6.04 Å². The molecule has 0 spiro atoms. The topological polar surface area (TPSA) is 49.4 Å². The Hall–Kier alpha value is -1.69. The molecule has 33 heavy (non-hydrogen) atoms. The Morgan fingerprint density at radius 1 is 1.06 bits per heavy atom. The molecular weight excluding hydrogens is 475 g/mol. The lowest BCUT2D eigenvalue weighted by Crippen LogP contribution is -2.52. The van der Waals surface area contributed by atoms with Crippen molar-refractivity contribution >= 4 is 46.8 Å². The van der Waals surface area contributed by atoms with Crippen molar-refractivity contribution in [3.05, 3.63) is 69.7 Å². The molecule has 1 atom stereocenters. The molecule has 0 aromatic heterocycles. The summed E-state index contributed by atoms with van der Waals surface area (Å²) in [6.07, 6.45) is 5.68. The molecule has 3 rings (SSSR count). The van der Waals surface area contributed by atoms with Gasteiger partial charge in [0.05, 0.1) is 15.8 Å². The summed E-state index contributed by atoms with van der Waals surface area (Å²) in [5, 5.41) is 4.23. The summed E-state index contributed by atoms with van der Waals surface area (Å²) < 4.78 is 0. The third-order valence-corrected chi connectivity index (χ3v) is 7.78. The van der Waals surface area contributed by atoms with Crippen LogP contribution < -0.4 is 5.32 Å². The molecule has 0 heterocycles. The molecule has 0 aliphatic heterocycles. The van der Waals surface area contributed by atoms with Crippen molar-refractivity contribution in [3.8, 4) is 0 Å². The van der Waals surface area contributed by atoms with Crippen molar-refractivity contribution in [2.45, 2.75) is 63.3 Å². The summed E-state index contributed by atoms with van der Waals surface area (Å²) >= 11 is 13.6. The fourth-order valence-corrected chi connectivity index (χ4v) is 5.41. The van der Waals surface area contributed by atoms with E-state index in [1.807, 2.05) is 37.3 Å². The molecule has 2 aromatic rings. The number of carbonyl (C=O) groups is 2. The van der Waals surface area contributed by atoms with E-state index in [-0.39, 0.29) is 17.9 Å².